The van der Waals surface area contributed by atoms with E-state index in [-0.39, 0.29) is 36.6 Å². The third kappa shape index (κ3) is 8.31. The molecule has 0 spiro atoms. The SMILES string of the molecule is Fc1ccc(Nc2nc(N=NCc3ccc(OC(F)(F)F)cc3)nc(NCc3cccnc3)n2)cc1C(F)(F)F. The van der Waals surface area contributed by atoms with Gasteiger partial charge in [0.1, 0.15) is 11.6 Å². The van der Waals surface area contributed by atoms with E-state index in [9.17, 15) is 30.7 Å². The van der Waals surface area contributed by atoms with Crippen LogP contribution in [-0.4, -0.2) is 26.3 Å². The molecule has 4 rings (SSSR count). The van der Waals surface area contributed by atoms with E-state index in [1.807, 2.05) is 0 Å². The summed E-state index contributed by atoms with van der Waals surface area (Å²) in [5, 5.41) is 13.3. The molecule has 2 aromatic carbocycles. The summed E-state index contributed by atoms with van der Waals surface area (Å²) in [7, 11) is 0. The van der Waals surface area contributed by atoms with Crippen LogP contribution in [0.3, 0.4) is 0 Å². The van der Waals surface area contributed by atoms with E-state index in [2.05, 4.69) is 45.5 Å². The van der Waals surface area contributed by atoms with Crippen LogP contribution in [-0.2, 0) is 19.3 Å². The topological polar surface area (TPSA) is 110 Å². The van der Waals surface area contributed by atoms with E-state index < -0.39 is 29.7 Å². The minimum absolute atomic E-state index is 0.0119. The lowest BCUT2D eigenvalue weighted by Gasteiger charge is -2.12. The van der Waals surface area contributed by atoms with Gasteiger partial charge in [0.15, 0.2) is 0 Å². The summed E-state index contributed by atoms with van der Waals surface area (Å²) in [5.74, 6) is -2.31. The molecule has 0 saturated heterocycles. The molecule has 0 fully saturated rings. The molecule has 0 saturated carbocycles. The largest absolute Gasteiger partial charge is 0.573 e. The molecule has 2 heterocycles. The lowest BCUT2D eigenvalue weighted by atomic mass is 10.2. The van der Waals surface area contributed by atoms with Crippen LogP contribution in [0, 0.1) is 5.82 Å². The zero-order chi connectivity index (χ0) is 28.8. The smallest absolute Gasteiger partial charge is 0.406 e. The van der Waals surface area contributed by atoms with Crippen molar-refractivity contribution in [2.24, 2.45) is 10.2 Å². The molecule has 0 unspecified atom stereocenters. The number of alkyl halides is 6. The first kappa shape index (κ1) is 28.1. The Morgan fingerprint density at radius 1 is 0.850 bits per heavy atom. The van der Waals surface area contributed by atoms with Gasteiger partial charge in [-0.15, -0.1) is 18.3 Å². The fraction of sp³-hybridized carbons (Fsp3) is 0.167. The van der Waals surface area contributed by atoms with Gasteiger partial charge in [0, 0.05) is 24.6 Å². The van der Waals surface area contributed by atoms with Gasteiger partial charge in [0.25, 0.3) is 5.95 Å². The van der Waals surface area contributed by atoms with Crippen molar-refractivity contribution in [3.63, 3.8) is 0 Å². The Labute approximate surface area is 221 Å². The highest BCUT2D eigenvalue weighted by Crippen LogP contribution is 2.33. The molecular formula is C24H17F7N8O. The number of benzene rings is 2. The van der Waals surface area contributed by atoms with Crippen molar-refractivity contribution in [3.8, 4) is 5.75 Å². The van der Waals surface area contributed by atoms with Crippen LogP contribution >= 0.6 is 0 Å². The zero-order valence-corrected chi connectivity index (χ0v) is 20.0. The van der Waals surface area contributed by atoms with Gasteiger partial charge in [-0.25, -0.2) is 4.39 Å². The van der Waals surface area contributed by atoms with Crippen LogP contribution in [0.5, 0.6) is 5.75 Å². The zero-order valence-electron chi connectivity index (χ0n) is 20.0. The van der Waals surface area contributed by atoms with Gasteiger partial charge in [0.05, 0.1) is 12.1 Å². The maximum Gasteiger partial charge on any atom is 0.573 e. The summed E-state index contributed by atoms with van der Waals surface area (Å²) in [5.41, 5.74) is -0.367. The lowest BCUT2D eigenvalue weighted by molar-refractivity contribution is -0.274. The molecule has 0 aliphatic carbocycles. The number of hydrogen-bond acceptors (Lipinski definition) is 9. The Morgan fingerprint density at radius 3 is 2.27 bits per heavy atom. The number of aromatic nitrogens is 4. The molecule has 4 aromatic rings. The van der Waals surface area contributed by atoms with Crippen molar-refractivity contribution in [1.29, 1.82) is 0 Å². The lowest BCUT2D eigenvalue weighted by Crippen LogP contribution is -2.16. The summed E-state index contributed by atoms with van der Waals surface area (Å²) in [6, 6.07) is 10.7. The maximum absolute atomic E-state index is 13.7. The van der Waals surface area contributed by atoms with Crippen molar-refractivity contribution in [2.75, 3.05) is 10.6 Å². The maximum atomic E-state index is 13.7. The quantitative estimate of drug-likeness (QED) is 0.166. The van der Waals surface area contributed by atoms with E-state index in [1.165, 1.54) is 12.1 Å². The molecular weight excluding hydrogens is 549 g/mol. The van der Waals surface area contributed by atoms with Crippen molar-refractivity contribution in [2.45, 2.75) is 25.6 Å². The Kier molecular flexibility index (Phi) is 8.35. The highest BCUT2D eigenvalue weighted by molar-refractivity contribution is 5.56. The third-order valence-electron chi connectivity index (χ3n) is 4.90. The summed E-state index contributed by atoms with van der Waals surface area (Å²) in [6.07, 6.45) is -6.57. The first-order valence-corrected chi connectivity index (χ1v) is 11.2. The fourth-order valence-corrected chi connectivity index (χ4v) is 3.15. The van der Waals surface area contributed by atoms with E-state index in [4.69, 9.17) is 0 Å². The number of rotatable bonds is 9. The Hall–Kier alpha value is -4.89. The number of ether oxygens (including phenoxy) is 1. The fourth-order valence-electron chi connectivity index (χ4n) is 3.15. The van der Waals surface area contributed by atoms with Crippen molar-refractivity contribution >= 4 is 23.5 Å². The molecule has 0 bridgehead atoms. The van der Waals surface area contributed by atoms with Gasteiger partial charge in [-0.3, -0.25) is 4.98 Å². The highest BCUT2D eigenvalue weighted by Gasteiger charge is 2.34. The second kappa shape index (κ2) is 11.9. The standard InChI is InChI=1S/C24H17F7N8O/c25-19-8-5-16(10-18(19)23(26,27)28)35-21-36-20(33-12-15-2-1-9-32-11-15)37-22(38-21)39-34-13-14-3-6-17(7-4-14)40-24(29,30)31/h1-11H,12-13H2,(H2,33,35,36,37,38). The second-order valence-corrected chi connectivity index (χ2v) is 7.91. The average Bonchev–Trinajstić information content (AvgIpc) is 2.89. The summed E-state index contributed by atoms with van der Waals surface area (Å²) >= 11 is 0. The monoisotopic (exact) mass is 566 g/mol. The second-order valence-electron chi connectivity index (χ2n) is 7.91. The molecule has 9 nitrogen and oxygen atoms in total. The van der Waals surface area contributed by atoms with Crippen LogP contribution in [0.4, 0.5) is 54.3 Å². The number of pyridine rings is 1. The van der Waals surface area contributed by atoms with Gasteiger partial charge < -0.3 is 15.4 Å². The molecule has 2 aromatic heterocycles. The number of azo groups is 1. The number of anilines is 3. The van der Waals surface area contributed by atoms with Crippen LogP contribution in [0.2, 0.25) is 0 Å². The molecule has 0 aliphatic heterocycles. The first-order chi connectivity index (χ1) is 18.9. The Morgan fingerprint density at radius 2 is 1.60 bits per heavy atom. The van der Waals surface area contributed by atoms with E-state index in [1.54, 1.807) is 24.5 Å². The van der Waals surface area contributed by atoms with Gasteiger partial charge in [-0.05, 0) is 47.5 Å². The van der Waals surface area contributed by atoms with E-state index in [0.29, 0.717) is 17.7 Å². The molecule has 40 heavy (non-hydrogen) atoms. The minimum atomic E-state index is -4.92. The van der Waals surface area contributed by atoms with Crippen molar-refractivity contribution < 1.29 is 35.5 Å². The van der Waals surface area contributed by atoms with Gasteiger partial charge in [-0.2, -0.15) is 33.2 Å². The normalized spacial score (nSPS) is 12.0. The van der Waals surface area contributed by atoms with Gasteiger partial charge >= 0.3 is 12.5 Å². The minimum Gasteiger partial charge on any atom is -0.406 e. The van der Waals surface area contributed by atoms with Crippen LogP contribution in [0.15, 0.2) is 77.2 Å². The summed E-state index contributed by atoms with van der Waals surface area (Å²) in [4.78, 5) is 16.2. The molecule has 208 valence electrons. The molecule has 2 N–H and O–H groups in total. The number of nitrogens with one attached hydrogen (secondary N) is 2. The van der Waals surface area contributed by atoms with Gasteiger partial charge in [-0.1, -0.05) is 18.2 Å². The van der Waals surface area contributed by atoms with Crippen LogP contribution in [0.25, 0.3) is 0 Å². The molecule has 0 atom stereocenters. The molecule has 0 amide bonds. The average molecular weight is 566 g/mol. The highest BCUT2D eigenvalue weighted by atomic mass is 19.4. The predicted molar refractivity (Wildman–Crippen MR) is 127 cm³/mol. The van der Waals surface area contributed by atoms with E-state index in [0.717, 1.165) is 23.8 Å². The first-order valence-electron chi connectivity index (χ1n) is 11.2. The van der Waals surface area contributed by atoms with Crippen LogP contribution < -0.4 is 15.4 Å². The number of nitrogens with zero attached hydrogens (tertiary/aromatic N) is 6. The molecule has 0 radical (unpaired) electrons. The summed E-state index contributed by atoms with van der Waals surface area (Å²) in [6.45, 7) is 0.168. The Balaban J connectivity index is 1.54. The van der Waals surface area contributed by atoms with Crippen molar-refractivity contribution in [1.82, 2.24) is 19.9 Å². The number of hydrogen-bond donors (Lipinski definition) is 2. The summed E-state index contributed by atoms with van der Waals surface area (Å²) < 4.78 is 93.8. The third-order valence-corrected chi connectivity index (χ3v) is 4.90. The van der Waals surface area contributed by atoms with Gasteiger partial charge in [0.2, 0.25) is 11.9 Å². The molecule has 0 aliphatic rings. The number of halogens is 7. The molecule has 16 heteroatoms. The van der Waals surface area contributed by atoms with Crippen molar-refractivity contribution in [3.05, 3.63) is 89.5 Å². The van der Waals surface area contributed by atoms with E-state index >= 15 is 0 Å². The van der Waals surface area contributed by atoms with Crippen LogP contribution in [0.1, 0.15) is 16.7 Å². The Bertz CT molecular complexity index is 1460. The predicted octanol–water partition coefficient (Wildman–Crippen LogP) is 6.96.